The van der Waals surface area contributed by atoms with Gasteiger partial charge in [-0.05, 0) is 17.7 Å². The smallest absolute Gasteiger partial charge is 0.339 e. The molecule has 0 amide bonds. The Balaban J connectivity index is 2.18. The summed E-state index contributed by atoms with van der Waals surface area (Å²) < 4.78 is 10.6. The van der Waals surface area contributed by atoms with Crippen LogP contribution in [0.3, 0.4) is 0 Å². The Kier molecular flexibility index (Phi) is 4.79. The van der Waals surface area contributed by atoms with Crippen LogP contribution in [0.15, 0.2) is 48.5 Å². The molecule has 1 unspecified atom stereocenters. The average molecular weight is 288 g/mol. The van der Waals surface area contributed by atoms with E-state index in [4.69, 9.17) is 14.6 Å². The highest BCUT2D eigenvalue weighted by Crippen LogP contribution is 2.31. The van der Waals surface area contributed by atoms with Crippen molar-refractivity contribution >= 4 is 5.97 Å². The van der Waals surface area contributed by atoms with Crippen molar-refractivity contribution in [3.8, 4) is 11.5 Å². The lowest BCUT2D eigenvalue weighted by molar-refractivity contribution is 0.0681. The number of methoxy groups -OCH3 is 1. The Morgan fingerprint density at radius 1 is 1.14 bits per heavy atom. The number of hydrogen-bond donors (Lipinski definition) is 2. The number of carboxylic acid groups (broad SMARTS) is 1. The third-order valence-electron chi connectivity index (χ3n) is 3.00. The minimum Gasteiger partial charge on any atom is -0.493 e. The van der Waals surface area contributed by atoms with Gasteiger partial charge in [-0.1, -0.05) is 36.4 Å². The number of aromatic carboxylic acids is 1. The molecular weight excluding hydrogens is 272 g/mol. The van der Waals surface area contributed by atoms with E-state index in [-0.39, 0.29) is 17.9 Å². The minimum absolute atomic E-state index is 0.00499. The van der Waals surface area contributed by atoms with Crippen molar-refractivity contribution in [1.29, 1.82) is 0 Å². The highest BCUT2D eigenvalue weighted by molar-refractivity contribution is 5.92. The quantitative estimate of drug-likeness (QED) is 0.854. The summed E-state index contributed by atoms with van der Waals surface area (Å²) in [6.07, 6.45) is -0.849. The van der Waals surface area contributed by atoms with Crippen molar-refractivity contribution in [3.63, 3.8) is 0 Å². The monoisotopic (exact) mass is 288 g/mol. The number of hydrogen-bond acceptors (Lipinski definition) is 4. The van der Waals surface area contributed by atoms with Crippen LogP contribution in [0.25, 0.3) is 0 Å². The number of rotatable bonds is 6. The SMILES string of the molecule is COc1cccc(C(=O)O)c1OCC(O)c1ccccc1. The van der Waals surface area contributed by atoms with E-state index < -0.39 is 12.1 Å². The largest absolute Gasteiger partial charge is 0.493 e. The van der Waals surface area contributed by atoms with Gasteiger partial charge in [0, 0.05) is 0 Å². The molecule has 0 fully saturated rings. The Labute approximate surface area is 122 Å². The van der Waals surface area contributed by atoms with Crippen LogP contribution >= 0.6 is 0 Å². The molecule has 2 N–H and O–H groups in total. The van der Waals surface area contributed by atoms with Crippen molar-refractivity contribution in [3.05, 3.63) is 59.7 Å². The molecule has 0 saturated carbocycles. The summed E-state index contributed by atoms with van der Waals surface area (Å²) >= 11 is 0. The first kappa shape index (κ1) is 14.9. The normalized spacial score (nSPS) is 11.7. The summed E-state index contributed by atoms with van der Waals surface area (Å²) in [5, 5.41) is 19.2. The van der Waals surface area contributed by atoms with Crippen LogP contribution in [0, 0.1) is 0 Å². The zero-order valence-electron chi connectivity index (χ0n) is 11.5. The molecule has 0 aromatic heterocycles. The van der Waals surface area contributed by atoms with Crippen molar-refractivity contribution in [1.82, 2.24) is 0 Å². The van der Waals surface area contributed by atoms with E-state index >= 15 is 0 Å². The van der Waals surface area contributed by atoms with Crippen molar-refractivity contribution in [2.45, 2.75) is 6.10 Å². The van der Waals surface area contributed by atoms with Crippen LogP contribution in [0.2, 0.25) is 0 Å². The van der Waals surface area contributed by atoms with E-state index in [1.165, 1.54) is 13.2 Å². The van der Waals surface area contributed by atoms with Crippen LogP contribution in [0.1, 0.15) is 22.0 Å². The molecule has 110 valence electrons. The van der Waals surface area contributed by atoms with E-state index in [1.807, 2.05) is 18.2 Å². The molecule has 0 radical (unpaired) electrons. The molecule has 0 heterocycles. The predicted octanol–water partition coefficient (Wildman–Crippen LogP) is 2.51. The first-order valence-electron chi connectivity index (χ1n) is 6.39. The van der Waals surface area contributed by atoms with Gasteiger partial charge < -0.3 is 19.7 Å². The van der Waals surface area contributed by atoms with Gasteiger partial charge in [0.25, 0.3) is 0 Å². The summed E-state index contributed by atoms with van der Waals surface area (Å²) in [5.41, 5.74) is 0.693. The average Bonchev–Trinajstić information content (AvgIpc) is 2.52. The van der Waals surface area contributed by atoms with Crippen LogP contribution in [0.4, 0.5) is 0 Å². The van der Waals surface area contributed by atoms with Gasteiger partial charge in [-0.15, -0.1) is 0 Å². The van der Waals surface area contributed by atoms with E-state index in [0.29, 0.717) is 11.3 Å². The number of carbonyl (C=O) groups is 1. The minimum atomic E-state index is -1.11. The molecule has 5 nitrogen and oxygen atoms in total. The Hall–Kier alpha value is -2.53. The molecule has 0 saturated heterocycles. The molecule has 0 aliphatic heterocycles. The maximum atomic E-state index is 11.2. The van der Waals surface area contributed by atoms with Gasteiger partial charge in [-0.3, -0.25) is 0 Å². The predicted molar refractivity (Wildman–Crippen MR) is 76.9 cm³/mol. The summed E-state index contributed by atoms with van der Waals surface area (Å²) in [7, 11) is 1.43. The topological polar surface area (TPSA) is 76.0 Å². The fourth-order valence-electron chi connectivity index (χ4n) is 1.93. The van der Waals surface area contributed by atoms with Gasteiger partial charge in [-0.2, -0.15) is 0 Å². The maximum Gasteiger partial charge on any atom is 0.339 e. The van der Waals surface area contributed by atoms with Gasteiger partial charge >= 0.3 is 5.97 Å². The van der Waals surface area contributed by atoms with Gasteiger partial charge in [0.2, 0.25) is 0 Å². The Morgan fingerprint density at radius 2 is 1.86 bits per heavy atom. The number of carboxylic acids is 1. The third kappa shape index (κ3) is 3.52. The number of ether oxygens (including phenoxy) is 2. The Bertz CT molecular complexity index is 609. The molecule has 5 heteroatoms. The molecule has 0 spiro atoms. The number of benzene rings is 2. The lowest BCUT2D eigenvalue weighted by atomic mass is 10.1. The summed E-state index contributed by atoms with van der Waals surface area (Å²) in [6.45, 7) is -0.0648. The van der Waals surface area contributed by atoms with E-state index in [9.17, 15) is 9.90 Å². The maximum absolute atomic E-state index is 11.2. The van der Waals surface area contributed by atoms with E-state index in [0.717, 1.165) is 0 Å². The van der Waals surface area contributed by atoms with Crippen molar-refractivity contribution in [2.24, 2.45) is 0 Å². The second kappa shape index (κ2) is 6.76. The highest BCUT2D eigenvalue weighted by Gasteiger charge is 2.18. The molecule has 2 rings (SSSR count). The third-order valence-corrected chi connectivity index (χ3v) is 3.00. The summed E-state index contributed by atoms with van der Waals surface area (Å²) in [6, 6.07) is 13.6. The Morgan fingerprint density at radius 3 is 2.48 bits per heavy atom. The van der Waals surface area contributed by atoms with Gasteiger partial charge in [0.1, 0.15) is 18.3 Å². The van der Waals surface area contributed by atoms with E-state index in [2.05, 4.69) is 0 Å². The molecule has 0 bridgehead atoms. The molecule has 2 aromatic rings. The fraction of sp³-hybridized carbons (Fsp3) is 0.188. The summed E-state index contributed by atoms with van der Waals surface area (Å²) in [5.74, 6) is -0.684. The number of para-hydroxylation sites is 1. The number of aliphatic hydroxyl groups excluding tert-OH is 1. The number of aliphatic hydroxyl groups is 1. The van der Waals surface area contributed by atoms with E-state index in [1.54, 1.807) is 24.3 Å². The fourth-order valence-corrected chi connectivity index (χ4v) is 1.93. The molecule has 0 aliphatic rings. The molecule has 0 aliphatic carbocycles. The standard InChI is InChI=1S/C16H16O5/c1-20-14-9-5-8-12(16(18)19)15(14)21-10-13(17)11-6-3-2-4-7-11/h2-9,13,17H,10H2,1H3,(H,18,19). The second-order valence-corrected chi connectivity index (χ2v) is 4.38. The highest BCUT2D eigenvalue weighted by atomic mass is 16.5. The summed E-state index contributed by atoms with van der Waals surface area (Å²) in [4.78, 5) is 11.2. The lowest BCUT2D eigenvalue weighted by Gasteiger charge is -2.16. The van der Waals surface area contributed by atoms with Crippen LogP contribution in [-0.2, 0) is 0 Å². The molecule has 2 aromatic carbocycles. The van der Waals surface area contributed by atoms with Crippen molar-refractivity contribution < 1.29 is 24.5 Å². The second-order valence-electron chi connectivity index (χ2n) is 4.38. The zero-order chi connectivity index (χ0) is 15.2. The molecular formula is C16H16O5. The van der Waals surface area contributed by atoms with Crippen molar-refractivity contribution in [2.75, 3.05) is 13.7 Å². The van der Waals surface area contributed by atoms with Gasteiger partial charge in [0.05, 0.1) is 7.11 Å². The van der Waals surface area contributed by atoms with Crippen LogP contribution in [-0.4, -0.2) is 29.9 Å². The van der Waals surface area contributed by atoms with Gasteiger partial charge in [0.15, 0.2) is 11.5 Å². The lowest BCUT2D eigenvalue weighted by Crippen LogP contribution is -2.12. The van der Waals surface area contributed by atoms with Gasteiger partial charge in [-0.25, -0.2) is 4.79 Å². The molecule has 21 heavy (non-hydrogen) atoms. The first-order valence-corrected chi connectivity index (χ1v) is 6.39. The zero-order valence-corrected chi connectivity index (χ0v) is 11.5. The molecule has 1 atom stereocenters. The van der Waals surface area contributed by atoms with Crippen LogP contribution in [0.5, 0.6) is 11.5 Å². The first-order chi connectivity index (χ1) is 10.1. The van der Waals surface area contributed by atoms with Crippen LogP contribution < -0.4 is 9.47 Å².